The molecule has 0 saturated carbocycles. The van der Waals surface area contributed by atoms with Gasteiger partial charge in [-0.3, -0.25) is 0 Å². The minimum atomic E-state index is 0.133. The summed E-state index contributed by atoms with van der Waals surface area (Å²) in [5, 5.41) is 13.6. The molecule has 0 spiro atoms. The van der Waals surface area contributed by atoms with Gasteiger partial charge in [-0.1, -0.05) is 24.6 Å². The average Bonchev–Trinajstić information content (AvgIpc) is 2.54. The topological polar surface area (TPSA) is 35.5 Å². The van der Waals surface area contributed by atoms with Gasteiger partial charge in [0.1, 0.15) is 0 Å². The highest BCUT2D eigenvalue weighted by Crippen LogP contribution is 2.27. The van der Waals surface area contributed by atoms with Gasteiger partial charge in [0.25, 0.3) is 0 Å². The third kappa shape index (κ3) is 2.97. The molecule has 0 aliphatic carbocycles. The van der Waals surface area contributed by atoms with E-state index >= 15 is 0 Å². The normalized spacial score (nSPS) is 25.0. The Kier molecular flexibility index (Phi) is 4.49. The lowest BCUT2D eigenvalue weighted by Crippen LogP contribution is -2.40. The Morgan fingerprint density at radius 3 is 2.94 bits per heavy atom. The molecule has 1 aliphatic heterocycles. The summed E-state index contributed by atoms with van der Waals surface area (Å²) < 4.78 is 0. The van der Waals surface area contributed by atoms with Crippen LogP contribution in [0.25, 0.3) is 0 Å². The Morgan fingerprint density at radius 2 is 2.22 bits per heavy atom. The maximum Gasteiger partial charge on any atom is 0.0601 e. The van der Waals surface area contributed by atoms with E-state index in [4.69, 9.17) is 11.6 Å². The number of nitrogens with one attached hydrogen (secondary N) is 1. The van der Waals surface area contributed by atoms with Crippen molar-refractivity contribution in [3.05, 3.63) is 28.8 Å². The van der Waals surface area contributed by atoms with E-state index in [0.717, 1.165) is 30.2 Å². The van der Waals surface area contributed by atoms with E-state index in [1.807, 2.05) is 12.1 Å². The van der Waals surface area contributed by atoms with Crippen molar-refractivity contribution in [1.82, 2.24) is 5.32 Å². The minimum Gasteiger partial charge on any atom is -0.395 e. The van der Waals surface area contributed by atoms with Crippen molar-refractivity contribution in [3.63, 3.8) is 0 Å². The Hall–Kier alpha value is -0.770. The van der Waals surface area contributed by atoms with Crippen molar-refractivity contribution in [2.24, 2.45) is 5.92 Å². The summed E-state index contributed by atoms with van der Waals surface area (Å²) in [6.07, 6.45) is 0. The van der Waals surface area contributed by atoms with Crippen LogP contribution in [-0.2, 0) is 0 Å². The average molecular weight is 269 g/mol. The van der Waals surface area contributed by atoms with E-state index in [1.54, 1.807) is 0 Å². The number of rotatable bonds is 2. The molecule has 0 radical (unpaired) electrons. The second-order valence-corrected chi connectivity index (χ2v) is 5.59. The molecular weight excluding hydrogens is 248 g/mol. The van der Waals surface area contributed by atoms with Crippen molar-refractivity contribution in [3.8, 4) is 0 Å². The highest BCUT2D eigenvalue weighted by Gasteiger charge is 2.22. The zero-order valence-electron chi connectivity index (χ0n) is 11.0. The van der Waals surface area contributed by atoms with Gasteiger partial charge >= 0.3 is 0 Å². The fourth-order valence-electron chi connectivity index (χ4n) is 2.47. The van der Waals surface area contributed by atoms with Crippen LogP contribution in [0.15, 0.2) is 18.2 Å². The zero-order chi connectivity index (χ0) is 13.1. The fourth-order valence-corrected chi connectivity index (χ4v) is 2.64. The van der Waals surface area contributed by atoms with Crippen LogP contribution in [0.2, 0.25) is 5.02 Å². The van der Waals surface area contributed by atoms with Crippen LogP contribution in [0.5, 0.6) is 0 Å². The molecular formula is C14H21ClN2O. The molecule has 100 valence electrons. The Bertz CT molecular complexity index is 411. The largest absolute Gasteiger partial charge is 0.395 e. The van der Waals surface area contributed by atoms with Crippen LogP contribution in [0.3, 0.4) is 0 Å². The lowest BCUT2D eigenvalue weighted by atomic mass is 10.1. The van der Waals surface area contributed by atoms with Crippen molar-refractivity contribution >= 4 is 17.3 Å². The van der Waals surface area contributed by atoms with Gasteiger partial charge in [-0.25, -0.2) is 0 Å². The van der Waals surface area contributed by atoms with Gasteiger partial charge in [0.2, 0.25) is 0 Å². The second-order valence-electron chi connectivity index (χ2n) is 5.18. The predicted octanol–water partition coefficient (Wildman–Crippen LogP) is 2.06. The molecule has 0 amide bonds. The number of halogens is 1. The molecule has 0 aromatic heterocycles. The molecule has 0 bridgehead atoms. The summed E-state index contributed by atoms with van der Waals surface area (Å²) in [5.74, 6) is 0.555. The molecule has 1 saturated heterocycles. The Labute approximate surface area is 114 Å². The Morgan fingerprint density at radius 1 is 1.44 bits per heavy atom. The van der Waals surface area contributed by atoms with Gasteiger partial charge in [0, 0.05) is 29.8 Å². The van der Waals surface area contributed by atoms with Crippen LogP contribution in [0.1, 0.15) is 12.5 Å². The number of aliphatic hydroxyl groups excluding tert-OH is 1. The second kappa shape index (κ2) is 5.91. The highest BCUT2D eigenvalue weighted by molar-refractivity contribution is 6.31. The van der Waals surface area contributed by atoms with E-state index in [0.29, 0.717) is 5.92 Å². The maximum atomic E-state index is 9.38. The molecule has 2 unspecified atom stereocenters. The first-order valence-corrected chi connectivity index (χ1v) is 6.84. The van der Waals surface area contributed by atoms with Crippen molar-refractivity contribution in [2.75, 3.05) is 31.1 Å². The summed E-state index contributed by atoms with van der Waals surface area (Å²) in [7, 11) is 0. The molecule has 1 fully saturated rings. The molecule has 2 atom stereocenters. The number of nitrogens with zero attached hydrogens (tertiary/aromatic N) is 1. The van der Waals surface area contributed by atoms with E-state index in [9.17, 15) is 5.11 Å². The smallest absolute Gasteiger partial charge is 0.0601 e. The Balaban J connectivity index is 2.26. The third-order valence-electron chi connectivity index (χ3n) is 3.53. The van der Waals surface area contributed by atoms with Gasteiger partial charge in [-0.15, -0.1) is 0 Å². The first kappa shape index (κ1) is 13.7. The van der Waals surface area contributed by atoms with Gasteiger partial charge in [0.05, 0.1) is 6.61 Å². The van der Waals surface area contributed by atoms with Crippen molar-refractivity contribution in [1.29, 1.82) is 0 Å². The molecule has 1 aliphatic rings. The minimum absolute atomic E-state index is 0.133. The lowest BCUT2D eigenvalue weighted by Gasteiger charge is -2.28. The molecule has 1 aromatic rings. The summed E-state index contributed by atoms with van der Waals surface area (Å²) in [4.78, 5) is 2.33. The number of hydrogen-bond acceptors (Lipinski definition) is 3. The quantitative estimate of drug-likeness (QED) is 0.862. The van der Waals surface area contributed by atoms with Gasteiger partial charge < -0.3 is 15.3 Å². The van der Waals surface area contributed by atoms with Crippen LogP contribution in [0.4, 0.5) is 5.69 Å². The molecule has 1 heterocycles. The molecule has 1 aromatic carbocycles. The number of benzene rings is 1. The predicted molar refractivity (Wildman–Crippen MR) is 76.4 cm³/mol. The van der Waals surface area contributed by atoms with Gasteiger partial charge in [0.15, 0.2) is 0 Å². The van der Waals surface area contributed by atoms with Crippen LogP contribution in [0, 0.1) is 12.8 Å². The summed E-state index contributed by atoms with van der Waals surface area (Å²) in [6.45, 7) is 7.20. The number of anilines is 1. The van der Waals surface area contributed by atoms with Crippen LogP contribution in [-0.4, -0.2) is 37.4 Å². The molecule has 3 nitrogen and oxygen atoms in total. The van der Waals surface area contributed by atoms with E-state index in [2.05, 4.69) is 30.1 Å². The zero-order valence-corrected chi connectivity index (χ0v) is 11.7. The van der Waals surface area contributed by atoms with Crippen molar-refractivity contribution in [2.45, 2.75) is 19.9 Å². The van der Waals surface area contributed by atoms with E-state index in [-0.39, 0.29) is 12.6 Å². The number of hydrogen-bond donors (Lipinski definition) is 2. The lowest BCUT2D eigenvalue weighted by molar-refractivity contribution is 0.247. The first-order chi connectivity index (χ1) is 8.61. The highest BCUT2D eigenvalue weighted by atomic mass is 35.5. The van der Waals surface area contributed by atoms with E-state index in [1.165, 1.54) is 5.69 Å². The maximum absolute atomic E-state index is 9.38. The third-order valence-corrected chi connectivity index (χ3v) is 3.94. The molecule has 2 N–H and O–H groups in total. The summed E-state index contributed by atoms with van der Waals surface area (Å²) in [5.41, 5.74) is 2.29. The van der Waals surface area contributed by atoms with Gasteiger partial charge in [-0.2, -0.15) is 0 Å². The summed E-state index contributed by atoms with van der Waals surface area (Å²) >= 11 is 6.19. The first-order valence-electron chi connectivity index (χ1n) is 6.46. The van der Waals surface area contributed by atoms with E-state index < -0.39 is 0 Å². The summed E-state index contributed by atoms with van der Waals surface area (Å²) in [6, 6.07) is 6.15. The fraction of sp³-hybridized carbons (Fsp3) is 0.571. The molecule has 4 heteroatoms. The van der Waals surface area contributed by atoms with Crippen LogP contribution < -0.4 is 10.2 Å². The standard InChI is InChI=1S/C14H21ClN2O/c1-10-6-16-12(9-18)8-17(7-10)14-5-3-4-13(15)11(14)2/h3-5,10,12,16,18H,6-9H2,1-2H3. The number of aliphatic hydroxyl groups is 1. The van der Waals surface area contributed by atoms with Gasteiger partial charge in [-0.05, 0) is 37.1 Å². The van der Waals surface area contributed by atoms with Crippen LogP contribution >= 0.6 is 11.6 Å². The van der Waals surface area contributed by atoms with Crippen molar-refractivity contribution < 1.29 is 5.11 Å². The SMILES string of the molecule is Cc1c(Cl)cccc1N1CC(C)CNC(CO)C1. The molecule has 2 rings (SSSR count). The monoisotopic (exact) mass is 268 g/mol. The molecule has 18 heavy (non-hydrogen) atoms.